The van der Waals surface area contributed by atoms with Gasteiger partial charge in [-0.1, -0.05) is 26.8 Å². The second kappa shape index (κ2) is 5.81. The zero-order chi connectivity index (χ0) is 15.8. The topological polar surface area (TPSA) is 42.2 Å². The molecule has 0 aliphatic carbocycles. The van der Waals surface area contributed by atoms with Gasteiger partial charge in [-0.25, -0.2) is 9.82 Å². The summed E-state index contributed by atoms with van der Waals surface area (Å²) in [6.07, 6.45) is 0. The molecule has 0 unspecified atom stereocenters. The molecule has 4 nitrogen and oxygen atoms in total. The van der Waals surface area contributed by atoms with Crippen LogP contribution in [0.15, 0.2) is 22.0 Å². The summed E-state index contributed by atoms with van der Waals surface area (Å²) < 4.78 is 15.2. The summed E-state index contributed by atoms with van der Waals surface area (Å²) in [7, 11) is 1.19. The van der Waals surface area contributed by atoms with Crippen LogP contribution in [0.2, 0.25) is 0 Å². The van der Waals surface area contributed by atoms with Gasteiger partial charge in [0.05, 0.1) is 19.4 Å². The molecular weight excluding hydrogens is 359 g/mol. The molecule has 112 valence electrons. The van der Waals surface area contributed by atoms with Crippen molar-refractivity contribution in [1.29, 1.82) is 0 Å². The molecule has 0 aliphatic heterocycles. The molecule has 0 bridgehead atoms. The van der Waals surface area contributed by atoms with Crippen molar-refractivity contribution in [2.45, 2.75) is 26.2 Å². The van der Waals surface area contributed by atoms with Crippen molar-refractivity contribution in [1.82, 2.24) is 4.98 Å². The zero-order valence-electron chi connectivity index (χ0n) is 12.1. The van der Waals surface area contributed by atoms with E-state index in [1.54, 1.807) is 12.1 Å². The molecule has 21 heavy (non-hydrogen) atoms. The molecule has 0 amide bonds. The third-order valence-electron chi connectivity index (χ3n) is 2.82. The van der Waals surface area contributed by atoms with Crippen molar-refractivity contribution >= 4 is 33.0 Å². The lowest BCUT2D eigenvalue weighted by atomic mass is 9.98. The molecule has 1 heterocycles. The second-order valence-corrected chi connectivity index (χ2v) is 7.79. The summed E-state index contributed by atoms with van der Waals surface area (Å²) in [6.45, 7) is 6.12. The first-order valence-corrected chi connectivity index (χ1v) is 7.83. The third kappa shape index (κ3) is 3.13. The zero-order valence-corrected chi connectivity index (χ0v) is 14.5. The maximum absolute atomic E-state index is 14.5. The average molecular weight is 374 g/mol. The second-order valence-electron chi connectivity index (χ2n) is 5.47. The van der Waals surface area contributed by atoms with Gasteiger partial charge in [-0.05, 0) is 22.0 Å². The van der Waals surface area contributed by atoms with Crippen molar-refractivity contribution in [2.24, 2.45) is 0 Å². The Bertz CT molecular complexity index is 695. The Morgan fingerprint density at radius 3 is 2.57 bits per heavy atom. The number of rotatable bonds is 3. The molecule has 2 aromatic rings. The summed E-state index contributed by atoms with van der Waals surface area (Å²) >= 11 is 4.89. The largest absolute Gasteiger partial charge is 0.352 e. The van der Waals surface area contributed by atoms with Crippen LogP contribution < -0.4 is 0 Å². The lowest BCUT2D eigenvalue weighted by Crippen LogP contribution is -2.10. The van der Waals surface area contributed by atoms with Gasteiger partial charge in [0.15, 0.2) is 7.11 Å². The molecule has 0 spiro atoms. The highest BCUT2D eigenvalue weighted by atomic mass is 79.9. The minimum absolute atomic E-state index is 0.128. The number of hydrogen-bond donors (Lipinski definition) is 0. The smallest absolute Gasteiger partial charge is 0.239 e. The highest BCUT2D eigenvalue weighted by Crippen LogP contribution is 2.39. The van der Waals surface area contributed by atoms with E-state index in [4.69, 9.17) is 0 Å². The monoisotopic (exact) mass is 373 g/mol. The summed E-state index contributed by atoms with van der Waals surface area (Å²) in [4.78, 5) is 20.6. The number of thiazole rings is 1. The molecule has 0 fully saturated rings. The molecule has 2 rings (SSSR count). The molecule has 0 N–H and O–H groups in total. The quantitative estimate of drug-likeness (QED) is 0.712. The minimum Gasteiger partial charge on any atom is -0.239 e. The van der Waals surface area contributed by atoms with Crippen molar-refractivity contribution < 1.29 is 14.2 Å². The van der Waals surface area contributed by atoms with Gasteiger partial charge in [0.25, 0.3) is 4.92 Å². The predicted molar refractivity (Wildman–Crippen MR) is 84.2 cm³/mol. The van der Waals surface area contributed by atoms with Gasteiger partial charge in [0.2, 0.25) is 5.82 Å². The van der Waals surface area contributed by atoms with Crippen LogP contribution >= 0.6 is 27.3 Å². The maximum Gasteiger partial charge on any atom is 0.352 e. The van der Waals surface area contributed by atoms with Gasteiger partial charge >= 0.3 is 5.69 Å². The van der Waals surface area contributed by atoms with Gasteiger partial charge in [-0.15, -0.1) is 11.3 Å². The molecule has 0 aliphatic rings. The summed E-state index contributed by atoms with van der Waals surface area (Å²) in [5, 5.41) is 0.889. The Kier molecular flexibility index (Phi) is 4.43. The number of hydrogen-bond acceptors (Lipinski definition) is 4. The number of halogens is 2. The number of aromatic nitrogens is 1. The van der Waals surface area contributed by atoms with E-state index in [0.29, 0.717) is 5.69 Å². The first kappa shape index (κ1) is 16.0. The Balaban J connectivity index is 2.58. The molecule has 0 saturated carbocycles. The SMILES string of the molecule is CO[N+](=O)c1cccc(-c2nc(C(C)(C)C)sc2Br)c1F. The van der Waals surface area contributed by atoms with Gasteiger partial charge < -0.3 is 0 Å². The number of nitrogens with zero attached hydrogens (tertiary/aromatic N) is 2. The fraction of sp³-hybridized carbons (Fsp3) is 0.357. The van der Waals surface area contributed by atoms with Crippen molar-refractivity contribution in [3.63, 3.8) is 0 Å². The molecule has 1 aromatic heterocycles. The van der Waals surface area contributed by atoms with Crippen molar-refractivity contribution in [3.8, 4) is 11.3 Å². The van der Waals surface area contributed by atoms with E-state index in [-0.39, 0.29) is 21.6 Å². The van der Waals surface area contributed by atoms with E-state index in [1.165, 1.54) is 24.5 Å². The Hall–Kier alpha value is -1.34. The summed E-state index contributed by atoms with van der Waals surface area (Å²) in [5.41, 5.74) is 0.460. The molecule has 7 heteroatoms. The third-order valence-corrected chi connectivity index (χ3v) is 4.95. The summed E-state index contributed by atoms with van der Waals surface area (Å²) in [6, 6.07) is 4.55. The lowest BCUT2D eigenvalue weighted by Gasteiger charge is -2.13. The molecule has 0 saturated heterocycles. The van der Waals surface area contributed by atoms with Crippen molar-refractivity contribution in [2.75, 3.05) is 7.11 Å². The molecule has 1 aromatic carbocycles. The van der Waals surface area contributed by atoms with Gasteiger partial charge in [-0.3, -0.25) is 0 Å². The standard InChI is InChI=1S/C14H15BrFN2O2S/c1-14(2,3)13-17-11(12(15)21-13)8-6-5-7-9(10(8)16)18(19)20-4/h5-7H,1-4H3/q+1. The van der Waals surface area contributed by atoms with E-state index in [2.05, 4.69) is 25.8 Å². The van der Waals surface area contributed by atoms with Crippen LogP contribution in [-0.2, 0) is 10.3 Å². The Morgan fingerprint density at radius 1 is 1.38 bits per heavy atom. The van der Waals surface area contributed by atoms with E-state index < -0.39 is 5.82 Å². The van der Waals surface area contributed by atoms with Crippen LogP contribution in [0.3, 0.4) is 0 Å². The van der Waals surface area contributed by atoms with E-state index in [0.717, 1.165) is 8.79 Å². The summed E-state index contributed by atoms with van der Waals surface area (Å²) in [5.74, 6) is -0.652. The van der Waals surface area contributed by atoms with Crippen LogP contribution in [0, 0.1) is 10.7 Å². The highest BCUT2D eigenvalue weighted by Gasteiger charge is 2.28. The first-order chi connectivity index (χ1) is 9.75. The molecular formula is C14H15BrFN2O2S+. The van der Waals surface area contributed by atoms with Gasteiger partial charge in [0, 0.05) is 17.0 Å². The van der Waals surface area contributed by atoms with Gasteiger partial charge in [-0.2, -0.15) is 4.39 Å². The van der Waals surface area contributed by atoms with Gasteiger partial charge in [0.1, 0.15) is 0 Å². The lowest BCUT2D eigenvalue weighted by molar-refractivity contribution is -0.737. The fourth-order valence-corrected chi connectivity index (χ4v) is 3.36. The Labute approximate surface area is 134 Å². The molecule has 0 radical (unpaired) electrons. The van der Waals surface area contributed by atoms with Crippen LogP contribution in [0.1, 0.15) is 25.8 Å². The van der Waals surface area contributed by atoms with E-state index >= 15 is 0 Å². The normalized spacial score (nSPS) is 11.5. The molecule has 0 atom stereocenters. The fourth-order valence-electron chi connectivity index (χ4n) is 1.73. The highest BCUT2D eigenvalue weighted by molar-refractivity contribution is 9.11. The van der Waals surface area contributed by atoms with E-state index in [9.17, 15) is 9.30 Å². The minimum atomic E-state index is -0.652. The van der Waals surface area contributed by atoms with Crippen LogP contribution in [0.5, 0.6) is 0 Å². The first-order valence-electron chi connectivity index (χ1n) is 6.22. The van der Waals surface area contributed by atoms with E-state index in [1.807, 2.05) is 20.8 Å². The average Bonchev–Trinajstić information content (AvgIpc) is 2.80. The van der Waals surface area contributed by atoms with Crippen LogP contribution in [-0.4, -0.2) is 17.0 Å². The van der Waals surface area contributed by atoms with Crippen LogP contribution in [0.25, 0.3) is 11.3 Å². The maximum atomic E-state index is 14.5. The van der Waals surface area contributed by atoms with Crippen molar-refractivity contribution in [3.05, 3.63) is 37.7 Å². The van der Waals surface area contributed by atoms with Crippen LogP contribution in [0.4, 0.5) is 10.1 Å². The number of benzene rings is 1. The Morgan fingerprint density at radius 2 is 2.05 bits per heavy atom. The predicted octanol–water partition coefficient (Wildman–Crippen LogP) is 4.98.